The Morgan fingerprint density at radius 1 is 0.378 bits per heavy atom. The van der Waals surface area contributed by atoms with E-state index in [1.165, 1.54) is 5.56 Å². The number of fused-ring (bicyclic) bond motifs is 1. The Labute approximate surface area is 438 Å². The minimum atomic E-state index is -0.343. The number of hydrogen-bond acceptors (Lipinski definition) is 4. The Kier molecular flexibility index (Phi) is 12.7. The largest absolute Gasteiger partial charge is 0.507 e. The van der Waals surface area contributed by atoms with Crippen molar-refractivity contribution in [1.82, 2.24) is 19.5 Å². The van der Waals surface area contributed by atoms with Gasteiger partial charge in [-0.3, -0.25) is 4.57 Å². The average Bonchev–Trinajstić information content (AvgIpc) is 3.77. The van der Waals surface area contributed by atoms with Gasteiger partial charge < -0.3 is 5.11 Å². The highest BCUT2D eigenvalue weighted by molar-refractivity contribution is 5.97. The number of hydrogen-bond donors (Lipinski definition) is 1. The number of nitrogens with zero attached hydrogens (tertiary/aromatic N) is 4. The van der Waals surface area contributed by atoms with Crippen LogP contribution in [0.15, 0.2) is 188 Å². The lowest BCUT2D eigenvalue weighted by Crippen LogP contribution is -2.17. The number of benzene rings is 7. The van der Waals surface area contributed by atoms with Crippen LogP contribution in [-0.2, 0) is 21.7 Å². The normalized spacial score (nSPS) is 12.4. The zero-order valence-electron chi connectivity index (χ0n) is 45.1. The summed E-state index contributed by atoms with van der Waals surface area (Å²) in [4.78, 5) is 16.0. The molecule has 10 rings (SSSR count). The smallest absolute Gasteiger partial charge is 0.178 e. The van der Waals surface area contributed by atoms with Crippen LogP contribution in [0.2, 0.25) is 0 Å². The van der Waals surface area contributed by atoms with E-state index in [0.29, 0.717) is 16.9 Å². The molecule has 0 atom stereocenters. The number of aromatic nitrogens is 4. The van der Waals surface area contributed by atoms with Crippen molar-refractivity contribution in [2.24, 2.45) is 0 Å². The lowest BCUT2D eigenvalue weighted by Gasteiger charge is -2.28. The first-order valence-corrected chi connectivity index (χ1v) is 26.0. The van der Waals surface area contributed by atoms with Crippen LogP contribution in [0, 0.1) is 0 Å². The van der Waals surface area contributed by atoms with Gasteiger partial charge in [0.1, 0.15) is 11.6 Å². The van der Waals surface area contributed by atoms with E-state index in [9.17, 15) is 5.11 Å². The molecular formula is C69H68N4O. The van der Waals surface area contributed by atoms with Crippen LogP contribution in [0.25, 0.3) is 95.3 Å². The number of imidazole rings is 1. The fraction of sp³-hybridized carbons (Fsp3) is 0.232. The molecule has 0 saturated heterocycles. The highest BCUT2D eigenvalue weighted by atomic mass is 16.3. The molecule has 74 heavy (non-hydrogen) atoms. The summed E-state index contributed by atoms with van der Waals surface area (Å²) in [5.74, 6) is 1.03. The van der Waals surface area contributed by atoms with Gasteiger partial charge >= 0.3 is 0 Å². The van der Waals surface area contributed by atoms with Crippen molar-refractivity contribution in [2.75, 3.05) is 0 Å². The van der Waals surface area contributed by atoms with E-state index in [4.69, 9.17) is 15.0 Å². The summed E-state index contributed by atoms with van der Waals surface area (Å²) in [6.07, 6.45) is 1.82. The van der Waals surface area contributed by atoms with Gasteiger partial charge in [-0.15, -0.1) is 0 Å². The number of phenols is 1. The summed E-state index contributed by atoms with van der Waals surface area (Å²) in [5.41, 5.74) is 19.0. The Hall–Kier alpha value is -7.89. The molecule has 5 heteroatoms. The Balaban J connectivity index is 1.30. The second-order valence-electron chi connectivity index (χ2n) is 24.0. The maximum Gasteiger partial charge on any atom is 0.178 e. The molecule has 0 aliphatic heterocycles. The average molecular weight is 969 g/mol. The summed E-state index contributed by atoms with van der Waals surface area (Å²) in [6, 6.07) is 65.2. The molecular weight excluding hydrogens is 901 g/mol. The third-order valence-corrected chi connectivity index (χ3v) is 14.4. The lowest BCUT2D eigenvalue weighted by atomic mass is 9.78. The third kappa shape index (κ3) is 9.72. The van der Waals surface area contributed by atoms with Crippen molar-refractivity contribution < 1.29 is 5.11 Å². The van der Waals surface area contributed by atoms with Crippen molar-refractivity contribution in [3.63, 3.8) is 0 Å². The molecule has 3 heterocycles. The monoisotopic (exact) mass is 969 g/mol. The molecule has 0 unspecified atom stereocenters. The maximum atomic E-state index is 12.6. The van der Waals surface area contributed by atoms with Gasteiger partial charge in [-0.25, -0.2) is 15.0 Å². The quantitative estimate of drug-likeness (QED) is 0.165. The zero-order chi connectivity index (χ0) is 52.3. The molecule has 10 aromatic rings. The summed E-state index contributed by atoms with van der Waals surface area (Å²) in [5, 5.41) is 12.6. The molecule has 0 amide bonds. The van der Waals surface area contributed by atoms with E-state index in [1.807, 2.05) is 12.3 Å². The van der Waals surface area contributed by atoms with Crippen LogP contribution in [0.1, 0.15) is 105 Å². The predicted molar refractivity (Wildman–Crippen MR) is 311 cm³/mol. The van der Waals surface area contributed by atoms with E-state index in [-0.39, 0.29) is 27.4 Å². The number of aromatic hydroxyl groups is 1. The molecule has 0 bridgehead atoms. The number of phenolic OH excluding ortho intramolecular Hbond substituents is 1. The van der Waals surface area contributed by atoms with Crippen LogP contribution in [0.5, 0.6) is 5.75 Å². The van der Waals surface area contributed by atoms with Gasteiger partial charge in [-0.1, -0.05) is 204 Å². The van der Waals surface area contributed by atoms with Crippen molar-refractivity contribution in [3.8, 4) is 89.8 Å². The standard InChI is InChI=1S/C69H68N4O/c1-66(2,3)50-33-34-60(55(41-50)46-28-20-15-21-29-46)73-61-32-23-35-70-64(61)72-65(73)49-36-47(37-51(38-49)67(4,5)6)58-39-48(40-59(71-58)56-42-52(68(7,8)9)43-57(63(56)74)69(10,11)12)62-53(44-24-16-13-17-25-44)30-22-31-54(62)45-26-18-14-19-27-45/h13-43,74H,1-12H3. The summed E-state index contributed by atoms with van der Waals surface area (Å²) in [6.45, 7) is 26.8. The maximum absolute atomic E-state index is 12.6. The fourth-order valence-corrected chi connectivity index (χ4v) is 10.1. The van der Waals surface area contributed by atoms with Crippen LogP contribution >= 0.6 is 0 Å². The second kappa shape index (κ2) is 18.9. The van der Waals surface area contributed by atoms with Crippen LogP contribution in [0.3, 0.4) is 0 Å². The summed E-state index contributed by atoms with van der Waals surface area (Å²) in [7, 11) is 0. The zero-order valence-corrected chi connectivity index (χ0v) is 45.1. The van der Waals surface area contributed by atoms with E-state index < -0.39 is 0 Å². The number of rotatable bonds is 8. The minimum Gasteiger partial charge on any atom is -0.507 e. The number of pyridine rings is 2. The SMILES string of the molecule is CC(C)(C)c1cc(-c2cc(-c3c(-c4ccccc4)cccc3-c3ccccc3)cc(-c3cc(C(C)(C)C)cc(C(C)(C)C)c3O)n2)cc(-c2nc3ncccc3n2-c2ccc(C(C)(C)C)cc2-c2ccccc2)c1. The lowest BCUT2D eigenvalue weighted by molar-refractivity contribution is 0.446. The first-order valence-electron chi connectivity index (χ1n) is 26.0. The molecule has 5 nitrogen and oxygen atoms in total. The van der Waals surface area contributed by atoms with Gasteiger partial charge in [-0.05, 0) is 138 Å². The van der Waals surface area contributed by atoms with E-state index >= 15 is 0 Å². The molecule has 7 aromatic carbocycles. The topological polar surface area (TPSA) is 63.8 Å². The van der Waals surface area contributed by atoms with Gasteiger partial charge in [0.15, 0.2) is 5.65 Å². The van der Waals surface area contributed by atoms with E-state index in [0.717, 1.165) is 95.0 Å². The van der Waals surface area contributed by atoms with Crippen molar-refractivity contribution in [2.45, 2.75) is 105 Å². The third-order valence-electron chi connectivity index (χ3n) is 14.4. The molecule has 0 fully saturated rings. The first-order chi connectivity index (χ1) is 35.1. The molecule has 0 aliphatic carbocycles. The Morgan fingerprint density at radius 3 is 1.47 bits per heavy atom. The highest BCUT2D eigenvalue weighted by Gasteiger charge is 2.29. The minimum absolute atomic E-state index is 0.0670. The van der Waals surface area contributed by atoms with Crippen molar-refractivity contribution >= 4 is 11.2 Å². The van der Waals surface area contributed by atoms with Gasteiger partial charge in [0, 0.05) is 34.0 Å². The van der Waals surface area contributed by atoms with Gasteiger partial charge in [0.05, 0.1) is 22.6 Å². The predicted octanol–water partition coefficient (Wildman–Crippen LogP) is 18.4. The van der Waals surface area contributed by atoms with Crippen LogP contribution in [0.4, 0.5) is 0 Å². The van der Waals surface area contributed by atoms with Crippen molar-refractivity contribution in [3.05, 3.63) is 210 Å². The molecule has 0 radical (unpaired) electrons. The van der Waals surface area contributed by atoms with Gasteiger partial charge in [0.2, 0.25) is 0 Å². The summed E-state index contributed by atoms with van der Waals surface area (Å²) < 4.78 is 2.30. The van der Waals surface area contributed by atoms with Gasteiger partial charge in [0.25, 0.3) is 0 Å². The molecule has 0 saturated carbocycles. The van der Waals surface area contributed by atoms with E-state index in [1.54, 1.807) is 0 Å². The Morgan fingerprint density at radius 2 is 0.905 bits per heavy atom. The van der Waals surface area contributed by atoms with Crippen LogP contribution < -0.4 is 0 Å². The van der Waals surface area contributed by atoms with Gasteiger partial charge in [-0.2, -0.15) is 0 Å². The highest BCUT2D eigenvalue weighted by Crippen LogP contribution is 2.47. The molecule has 0 spiro atoms. The molecule has 3 aromatic heterocycles. The fourth-order valence-electron chi connectivity index (χ4n) is 10.1. The molecule has 370 valence electrons. The molecule has 0 aliphatic rings. The van der Waals surface area contributed by atoms with Crippen molar-refractivity contribution in [1.29, 1.82) is 0 Å². The Bertz CT molecular complexity index is 3630. The first kappa shape index (κ1) is 49.7. The van der Waals surface area contributed by atoms with E-state index in [2.05, 4.69) is 264 Å². The molecule has 1 N–H and O–H groups in total. The summed E-state index contributed by atoms with van der Waals surface area (Å²) >= 11 is 0. The second-order valence-corrected chi connectivity index (χ2v) is 24.0. The van der Waals surface area contributed by atoms with Crippen LogP contribution in [-0.4, -0.2) is 24.6 Å².